The minimum Gasteiger partial charge on any atom is -0.502 e. The van der Waals surface area contributed by atoms with Crippen LogP contribution in [0.15, 0.2) is 46.5 Å². The Kier molecular flexibility index (Phi) is 14.0. The highest BCUT2D eigenvalue weighted by atomic mass is 16.8. The number of hydrogen-bond donors (Lipinski definition) is 3. The number of aromatic nitrogens is 4. The van der Waals surface area contributed by atoms with E-state index in [1.54, 1.807) is 18.5 Å². The fourth-order valence-electron chi connectivity index (χ4n) is 4.17. The van der Waals surface area contributed by atoms with Crippen LogP contribution in [-0.4, -0.2) is 82.7 Å². The van der Waals surface area contributed by atoms with Crippen LogP contribution in [-0.2, 0) is 33.2 Å². The third kappa shape index (κ3) is 10.7. The average molecular weight is 611 g/mol. The van der Waals surface area contributed by atoms with Crippen molar-refractivity contribution in [1.82, 2.24) is 19.1 Å². The van der Waals surface area contributed by atoms with Gasteiger partial charge >= 0.3 is 11.4 Å². The fourth-order valence-corrected chi connectivity index (χ4v) is 4.17. The van der Waals surface area contributed by atoms with Gasteiger partial charge in [-0.25, -0.2) is 9.59 Å². The molecule has 16 nitrogen and oxygen atoms in total. The molecule has 0 radical (unpaired) electrons. The smallest absolute Gasteiger partial charge is 0.351 e. The second kappa shape index (κ2) is 17.7. The van der Waals surface area contributed by atoms with Gasteiger partial charge in [0, 0.05) is 19.0 Å². The first kappa shape index (κ1) is 34.1. The van der Waals surface area contributed by atoms with Gasteiger partial charge < -0.3 is 49.7 Å². The lowest BCUT2D eigenvalue weighted by atomic mass is 10.2. The Morgan fingerprint density at radius 1 is 0.884 bits per heavy atom. The van der Waals surface area contributed by atoms with Crippen molar-refractivity contribution < 1.29 is 38.3 Å². The minimum absolute atomic E-state index is 0. The normalized spacial score (nSPS) is 26.2. The van der Waals surface area contributed by atoms with E-state index in [-0.39, 0.29) is 51.8 Å². The van der Waals surface area contributed by atoms with Crippen molar-refractivity contribution in [2.45, 2.75) is 70.9 Å². The summed E-state index contributed by atoms with van der Waals surface area (Å²) in [6, 6.07) is 3.04. The number of aliphatic hydroxyl groups excluding tert-OH is 1. The van der Waals surface area contributed by atoms with Crippen LogP contribution < -0.4 is 22.8 Å². The van der Waals surface area contributed by atoms with E-state index in [0.29, 0.717) is 0 Å². The zero-order valence-corrected chi connectivity index (χ0v) is 23.2. The SMILES string of the molecule is C.C1=COCCC1.Nc1ccn([C@@H]2CO[C@H](CO)O2)c(=O)n1.Nc1ccn([C@@H]2CO[C@H](COC3CCCCO3)O2)c(=O)n1. The van der Waals surface area contributed by atoms with Crippen LogP contribution in [0.5, 0.6) is 0 Å². The summed E-state index contributed by atoms with van der Waals surface area (Å²) < 4.78 is 40.0. The minimum atomic E-state index is -0.681. The predicted molar refractivity (Wildman–Crippen MR) is 153 cm³/mol. The molecule has 6 heterocycles. The van der Waals surface area contributed by atoms with Gasteiger partial charge in [-0.3, -0.25) is 9.13 Å². The van der Waals surface area contributed by atoms with E-state index in [2.05, 4.69) is 9.97 Å². The molecule has 0 amide bonds. The molecule has 0 spiro atoms. The largest absolute Gasteiger partial charge is 0.502 e. The van der Waals surface area contributed by atoms with Crippen LogP contribution in [0.4, 0.5) is 11.6 Å². The number of allylic oxidation sites excluding steroid dienone is 1. The molecule has 0 saturated carbocycles. The summed E-state index contributed by atoms with van der Waals surface area (Å²) >= 11 is 0. The Morgan fingerprint density at radius 3 is 1.95 bits per heavy atom. The summed E-state index contributed by atoms with van der Waals surface area (Å²) in [6.07, 6.45) is 9.85. The molecule has 4 aliphatic rings. The first-order chi connectivity index (χ1) is 20.4. The monoisotopic (exact) mass is 610 g/mol. The number of nitrogen functional groups attached to an aromatic ring is 2. The molecule has 5 atom stereocenters. The Morgan fingerprint density at radius 2 is 1.51 bits per heavy atom. The van der Waals surface area contributed by atoms with E-state index in [0.717, 1.165) is 32.5 Å². The zero-order chi connectivity index (χ0) is 29.7. The molecule has 0 aromatic carbocycles. The third-order valence-electron chi connectivity index (χ3n) is 6.32. The Labute approximate surface area is 249 Å². The van der Waals surface area contributed by atoms with Gasteiger partial charge in [-0.05, 0) is 50.3 Å². The van der Waals surface area contributed by atoms with Gasteiger partial charge in [-0.15, -0.1) is 0 Å². The number of rotatable bonds is 6. The maximum Gasteiger partial charge on any atom is 0.351 e. The van der Waals surface area contributed by atoms with Crippen LogP contribution in [0.1, 0.15) is 52.0 Å². The van der Waals surface area contributed by atoms with Crippen molar-refractivity contribution in [3.8, 4) is 0 Å². The molecule has 16 heteroatoms. The van der Waals surface area contributed by atoms with Crippen molar-refractivity contribution in [3.05, 3.63) is 57.8 Å². The molecule has 2 aromatic rings. The zero-order valence-electron chi connectivity index (χ0n) is 23.2. The summed E-state index contributed by atoms with van der Waals surface area (Å²) in [4.78, 5) is 30.3. The topological polar surface area (TPSA) is 207 Å². The molecule has 3 saturated heterocycles. The molecule has 1 unspecified atom stereocenters. The van der Waals surface area contributed by atoms with Crippen molar-refractivity contribution in [1.29, 1.82) is 0 Å². The van der Waals surface area contributed by atoms with Gasteiger partial charge in [0.05, 0.1) is 32.7 Å². The van der Waals surface area contributed by atoms with E-state index in [4.69, 9.17) is 49.7 Å². The van der Waals surface area contributed by atoms with Crippen LogP contribution in [0, 0.1) is 0 Å². The van der Waals surface area contributed by atoms with Gasteiger partial charge in [0.1, 0.15) is 18.2 Å². The number of nitrogens with zero attached hydrogens (tertiary/aromatic N) is 4. The van der Waals surface area contributed by atoms with E-state index < -0.39 is 36.4 Å². The first-order valence-corrected chi connectivity index (χ1v) is 13.8. The number of hydrogen-bond acceptors (Lipinski definition) is 14. The maximum atomic E-state index is 11.7. The molecule has 43 heavy (non-hydrogen) atoms. The molecule has 5 N–H and O–H groups in total. The maximum absolute atomic E-state index is 11.7. The van der Waals surface area contributed by atoms with Crippen LogP contribution in [0.3, 0.4) is 0 Å². The molecule has 6 rings (SSSR count). The van der Waals surface area contributed by atoms with Crippen molar-refractivity contribution in [3.63, 3.8) is 0 Å². The quantitative estimate of drug-likeness (QED) is 0.415. The Hall–Kier alpha value is -3.38. The fraction of sp³-hybridized carbons (Fsp3) is 0.630. The number of anilines is 2. The Balaban J connectivity index is 0.000000200. The van der Waals surface area contributed by atoms with Gasteiger partial charge in [0.25, 0.3) is 0 Å². The number of aliphatic hydroxyl groups is 1. The predicted octanol–water partition coefficient (Wildman–Crippen LogP) is 0.876. The highest BCUT2D eigenvalue weighted by molar-refractivity contribution is 5.24. The molecule has 0 aliphatic carbocycles. The lowest BCUT2D eigenvalue weighted by Crippen LogP contribution is -2.30. The third-order valence-corrected chi connectivity index (χ3v) is 6.32. The second-order valence-corrected chi connectivity index (χ2v) is 9.49. The van der Waals surface area contributed by atoms with E-state index >= 15 is 0 Å². The van der Waals surface area contributed by atoms with E-state index in [1.807, 2.05) is 6.08 Å². The number of nitrogens with two attached hydrogens (primary N) is 2. The average Bonchev–Trinajstić information content (AvgIpc) is 3.68. The van der Waals surface area contributed by atoms with Crippen LogP contribution in [0.25, 0.3) is 0 Å². The molecular formula is C27H42N6O10. The molecule has 240 valence electrons. The summed E-state index contributed by atoms with van der Waals surface area (Å²) in [6.45, 7) is 2.15. The highest BCUT2D eigenvalue weighted by Gasteiger charge is 2.30. The van der Waals surface area contributed by atoms with Crippen molar-refractivity contribution in [2.75, 3.05) is 51.1 Å². The summed E-state index contributed by atoms with van der Waals surface area (Å²) in [7, 11) is 0. The molecule has 3 fully saturated rings. The molecule has 0 bridgehead atoms. The molecule has 2 aromatic heterocycles. The van der Waals surface area contributed by atoms with Crippen LogP contribution >= 0.6 is 0 Å². The summed E-state index contributed by atoms with van der Waals surface area (Å²) in [5.41, 5.74) is 9.84. The van der Waals surface area contributed by atoms with E-state index in [1.165, 1.54) is 34.2 Å². The number of ether oxygens (including phenoxy) is 7. The van der Waals surface area contributed by atoms with Gasteiger partial charge in [0.15, 0.2) is 31.3 Å². The first-order valence-electron chi connectivity index (χ1n) is 13.8. The van der Waals surface area contributed by atoms with E-state index in [9.17, 15) is 9.59 Å². The second-order valence-electron chi connectivity index (χ2n) is 9.49. The Bertz CT molecular complexity index is 1240. The standard InChI is InChI=1S/C13H19N3O5.C8H11N3O4.C5H8O.CH4/c14-9-4-5-16(13(17)15-9)10-7-19-12(21-10)8-20-11-3-1-2-6-18-11;9-5-1-2-11(8(13)10-5)6-4-14-7(3-12)15-6;1-2-4-6-5-3-1;/h4-5,10-12H,1-3,6-8H2,(H2,14,15,17);1-2,6-7,12H,3-4H2,(H2,9,10,13);2,4H,1,3,5H2;1H4/t10-,11?,12-;6-,7-;;/m00../s1. The summed E-state index contributed by atoms with van der Waals surface area (Å²) in [5, 5.41) is 8.77. The lowest BCUT2D eigenvalue weighted by Gasteiger charge is -2.23. The van der Waals surface area contributed by atoms with Gasteiger partial charge in [0.2, 0.25) is 0 Å². The molecule has 4 aliphatic heterocycles. The lowest BCUT2D eigenvalue weighted by molar-refractivity contribution is -0.204. The van der Waals surface area contributed by atoms with Crippen molar-refractivity contribution in [2.24, 2.45) is 0 Å². The van der Waals surface area contributed by atoms with Gasteiger partial charge in [-0.2, -0.15) is 9.97 Å². The van der Waals surface area contributed by atoms with Gasteiger partial charge in [-0.1, -0.05) is 7.43 Å². The van der Waals surface area contributed by atoms with Crippen molar-refractivity contribution >= 4 is 11.6 Å². The molecular weight excluding hydrogens is 568 g/mol. The van der Waals surface area contributed by atoms with Crippen LogP contribution in [0.2, 0.25) is 0 Å². The highest BCUT2D eigenvalue weighted by Crippen LogP contribution is 2.22. The summed E-state index contributed by atoms with van der Waals surface area (Å²) in [5.74, 6) is 0.346.